The molecular weight excluding hydrogens is 304 g/mol. The van der Waals surface area contributed by atoms with Crippen molar-refractivity contribution < 1.29 is 19.4 Å². The number of nitrogens with zero attached hydrogens (tertiary/aromatic N) is 2. The molecule has 0 saturated carbocycles. The van der Waals surface area contributed by atoms with Crippen LogP contribution in [0.2, 0.25) is 0 Å². The first-order valence-electron chi connectivity index (χ1n) is 5.25. The fourth-order valence-electron chi connectivity index (χ4n) is 1.75. The zero-order chi connectivity index (χ0) is 13.3. The summed E-state index contributed by atoms with van der Waals surface area (Å²) in [6, 6.07) is 1.53. The topological polar surface area (TPSA) is 79.7 Å². The lowest BCUT2D eigenvalue weighted by molar-refractivity contribution is -0.117. The molecule has 2 rings (SSSR count). The van der Waals surface area contributed by atoms with Crippen molar-refractivity contribution in [3.8, 4) is 0 Å². The Balaban J connectivity index is 2.30. The van der Waals surface area contributed by atoms with Crippen LogP contribution >= 0.6 is 15.9 Å². The number of carbonyl (C=O) groups excluding carboxylic acids is 2. The third kappa shape index (κ3) is 2.37. The van der Waals surface area contributed by atoms with E-state index in [0.717, 1.165) is 0 Å². The van der Waals surface area contributed by atoms with Gasteiger partial charge in [-0.2, -0.15) is 0 Å². The third-order valence-corrected chi connectivity index (χ3v) is 3.19. The highest BCUT2D eigenvalue weighted by Crippen LogP contribution is 2.28. The first kappa shape index (κ1) is 13.0. The Morgan fingerprint density at radius 2 is 2.39 bits per heavy atom. The van der Waals surface area contributed by atoms with Crippen LogP contribution in [0.5, 0.6) is 0 Å². The summed E-state index contributed by atoms with van der Waals surface area (Å²) in [5, 5.41) is 9.42. The molecule has 0 spiro atoms. The highest BCUT2D eigenvalue weighted by Gasteiger charge is 2.31. The number of ether oxygens (including phenoxy) is 1. The minimum Gasteiger partial charge on any atom is -0.465 e. The van der Waals surface area contributed by atoms with Gasteiger partial charge in [0.1, 0.15) is 5.82 Å². The Labute approximate surface area is 112 Å². The molecule has 1 amide bonds. The second-order valence-corrected chi connectivity index (χ2v) is 4.74. The van der Waals surface area contributed by atoms with Gasteiger partial charge in [0, 0.05) is 6.20 Å². The zero-order valence-electron chi connectivity index (χ0n) is 9.59. The van der Waals surface area contributed by atoms with E-state index in [1.165, 1.54) is 24.3 Å². The van der Waals surface area contributed by atoms with E-state index in [1.807, 2.05) is 0 Å². The number of β-amino-alcohol motifs (C(OH)–C–C–N with tert-alkyl or cyclic N) is 1. The lowest BCUT2D eigenvalue weighted by atomic mass is 10.3. The number of amides is 1. The summed E-state index contributed by atoms with van der Waals surface area (Å²) in [6.45, 7) is 0.210. The molecule has 0 radical (unpaired) electrons. The van der Waals surface area contributed by atoms with Crippen molar-refractivity contribution in [1.82, 2.24) is 4.98 Å². The SMILES string of the molecule is COC(=O)c1cnc(N2CC(O)CC2=O)c(Br)c1. The maximum Gasteiger partial charge on any atom is 0.339 e. The molecular formula is C11H11BrN2O4. The highest BCUT2D eigenvalue weighted by molar-refractivity contribution is 9.10. The summed E-state index contributed by atoms with van der Waals surface area (Å²) in [5.74, 6) is -0.298. The van der Waals surface area contributed by atoms with Crippen LogP contribution in [0.3, 0.4) is 0 Å². The maximum atomic E-state index is 11.6. The number of hydrogen-bond acceptors (Lipinski definition) is 5. The molecule has 1 fully saturated rings. The lowest BCUT2D eigenvalue weighted by Crippen LogP contribution is -2.26. The summed E-state index contributed by atoms with van der Waals surface area (Å²) < 4.78 is 5.08. The van der Waals surface area contributed by atoms with E-state index in [1.54, 1.807) is 0 Å². The number of hydrogen-bond donors (Lipinski definition) is 1. The normalized spacial score (nSPS) is 19.2. The monoisotopic (exact) mass is 314 g/mol. The number of aromatic nitrogens is 1. The Morgan fingerprint density at radius 1 is 1.67 bits per heavy atom. The Morgan fingerprint density at radius 3 is 2.89 bits per heavy atom. The van der Waals surface area contributed by atoms with E-state index >= 15 is 0 Å². The van der Waals surface area contributed by atoms with Gasteiger partial charge in [-0.1, -0.05) is 0 Å². The molecule has 0 aromatic carbocycles. The van der Waals surface area contributed by atoms with Crippen molar-refractivity contribution in [1.29, 1.82) is 0 Å². The van der Waals surface area contributed by atoms with Crippen molar-refractivity contribution >= 4 is 33.6 Å². The number of carbonyl (C=O) groups is 2. The molecule has 18 heavy (non-hydrogen) atoms. The molecule has 0 bridgehead atoms. The first-order valence-corrected chi connectivity index (χ1v) is 6.04. The van der Waals surface area contributed by atoms with Crippen LogP contribution in [0.25, 0.3) is 0 Å². The van der Waals surface area contributed by atoms with Gasteiger partial charge < -0.3 is 9.84 Å². The molecule has 1 unspecified atom stereocenters. The van der Waals surface area contributed by atoms with Gasteiger partial charge in [-0.3, -0.25) is 9.69 Å². The quantitative estimate of drug-likeness (QED) is 0.814. The van der Waals surface area contributed by atoms with Crippen LogP contribution in [-0.2, 0) is 9.53 Å². The van der Waals surface area contributed by atoms with E-state index in [2.05, 4.69) is 25.7 Å². The summed E-state index contributed by atoms with van der Waals surface area (Å²) in [5.41, 5.74) is 0.292. The summed E-state index contributed by atoms with van der Waals surface area (Å²) in [7, 11) is 1.28. The Hall–Kier alpha value is -1.47. The van der Waals surface area contributed by atoms with Gasteiger partial charge >= 0.3 is 5.97 Å². The lowest BCUT2D eigenvalue weighted by Gasteiger charge is -2.16. The predicted octanol–water partition coefficient (Wildman–Crippen LogP) is 0.728. The van der Waals surface area contributed by atoms with Crippen LogP contribution in [0.1, 0.15) is 16.8 Å². The van der Waals surface area contributed by atoms with Crippen molar-refractivity contribution in [3.05, 3.63) is 22.3 Å². The molecule has 96 valence electrons. The number of pyridine rings is 1. The Kier molecular flexibility index (Phi) is 3.63. The molecule has 7 heteroatoms. The van der Waals surface area contributed by atoms with Gasteiger partial charge in [0.15, 0.2) is 0 Å². The summed E-state index contributed by atoms with van der Waals surface area (Å²) >= 11 is 3.26. The van der Waals surface area contributed by atoms with Crippen molar-refractivity contribution in [2.45, 2.75) is 12.5 Å². The number of aliphatic hydroxyl groups excluding tert-OH is 1. The minimum atomic E-state index is -0.675. The molecule has 6 nitrogen and oxygen atoms in total. The van der Waals surface area contributed by atoms with Crippen molar-refractivity contribution in [2.24, 2.45) is 0 Å². The van der Waals surface area contributed by atoms with Crippen LogP contribution < -0.4 is 4.90 Å². The second-order valence-electron chi connectivity index (χ2n) is 3.88. The van der Waals surface area contributed by atoms with Crippen LogP contribution in [-0.4, -0.2) is 41.7 Å². The average Bonchev–Trinajstić information content (AvgIpc) is 2.67. The first-order chi connectivity index (χ1) is 8.52. The standard InChI is InChI=1S/C11H11BrN2O4/c1-18-11(17)6-2-8(12)10(13-4-6)14-5-7(15)3-9(14)16/h2,4,7,15H,3,5H2,1H3. The number of anilines is 1. The number of aliphatic hydroxyl groups is 1. The van der Waals surface area contributed by atoms with Gasteiger partial charge in [-0.15, -0.1) is 0 Å². The second kappa shape index (κ2) is 5.03. The van der Waals surface area contributed by atoms with Crippen LogP contribution in [0.4, 0.5) is 5.82 Å². The van der Waals surface area contributed by atoms with Gasteiger partial charge in [-0.05, 0) is 22.0 Å². The van der Waals surface area contributed by atoms with Crippen LogP contribution in [0, 0.1) is 0 Å². The maximum absolute atomic E-state index is 11.6. The van der Waals surface area contributed by atoms with E-state index in [9.17, 15) is 14.7 Å². The molecule has 1 N–H and O–H groups in total. The number of esters is 1. The number of halogens is 1. The van der Waals surface area contributed by atoms with Gasteiger partial charge in [0.05, 0.1) is 36.2 Å². The van der Waals surface area contributed by atoms with E-state index in [-0.39, 0.29) is 18.9 Å². The fraction of sp³-hybridized carbons (Fsp3) is 0.364. The van der Waals surface area contributed by atoms with Gasteiger partial charge in [0.25, 0.3) is 0 Å². The molecule has 1 aromatic heterocycles. The zero-order valence-corrected chi connectivity index (χ0v) is 11.2. The molecule has 1 aliphatic rings. The molecule has 1 saturated heterocycles. The van der Waals surface area contributed by atoms with Gasteiger partial charge in [0.2, 0.25) is 5.91 Å². The minimum absolute atomic E-state index is 0.0902. The molecule has 1 aromatic rings. The molecule has 1 aliphatic heterocycles. The molecule has 2 heterocycles. The third-order valence-electron chi connectivity index (χ3n) is 2.60. The smallest absolute Gasteiger partial charge is 0.339 e. The average molecular weight is 315 g/mol. The Bertz CT molecular complexity index is 506. The van der Waals surface area contributed by atoms with Crippen LogP contribution in [0.15, 0.2) is 16.7 Å². The predicted molar refractivity (Wildman–Crippen MR) is 66.3 cm³/mol. The van der Waals surface area contributed by atoms with E-state index in [0.29, 0.717) is 15.9 Å². The van der Waals surface area contributed by atoms with Crippen molar-refractivity contribution in [3.63, 3.8) is 0 Å². The summed E-state index contributed by atoms with van der Waals surface area (Å²) in [6.07, 6.45) is 0.753. The van der Waals surface area contributed by atoms with Gasteiger partial charge in [-0.25, -0.2) is 9.78 Å². The van der Waals surface area contributed by atoms with Crippen molar-refractivity contribution in [2.75, 3.05) is 18.6 Å². The number of methoxy groups -OCH3 is 1. The highest BCUT2D eigenvalue weighted by atomic mass is 79.9. The summed E-state index contributed by atoms with van der Waals surface area (Å²) in [4.78, 5) is 28.4. The number of rotatable bonds is 2. The molecule has 1 atom stereocenters. The molecule has 0 aliphatic carbocycles. The largest absolute Gasteiger partial charge is 0.465 e. The van der Waals surface area contributed by atoms with E-state index in [4.69, 9.17) is 0 Å². The fourth-order valence-corrected chi connectivity index (χ4v) is 2.32. The van der Waals surface area contributed by atoms with E-state index < -0.39 is 12.1 Å².